The number of hydrogen-bond donors (Lipinski definition) is 0. The minimum absolute atomic E-state index is 0.187. The summed E-state index contributed by atoms with van der Waals surface area (Å²) in [5.41, 5.74) is 0.816. The van der Waals surface area contributed by atoms with Crippen molar-refractivity contribution in [1.82, 2.24) is 9.55 Å². The van der Waals surface area contributed by atoms with Gasteiger partial charge >= 0.3 is 0 Å². The fraction of sp³-hybridized carbons (Fsp3) is 0.556. The van der Waals surface area contributed by atoms with Crippen molar-refractivity contribution in [2.75, 3.05) is 0 Å². The molecule has 0 unspecified atom stereocenters. The van der Waals surface area contributed by atoms with Gasteiger partial charge in [0, 0.05) is 6.54 Å². The Balaban J connectivity index is 2.84. The lowest BCUT2D eigenvalue weighted by atomic mass is 9.97. The van der Waals surface area contributed by atoms with Crippen LogP contribution in [0.5, 0.6) is 0 Å². The Kier molecular flexibility index (Phi) is 2.18. The molecule has 0 radical (unpaired) electrons. The standard InChI is InChI=1S/C9H13N3/c1-9(2,3)6-12-7-11-5-8(12)4-10/h5,7H,6H2,1-3H3. The van der Waals surface area contributed by atoms with Crippen molar-refractivity contribution in [3.05, 3.63) is 18.2 Å². The third-order valence-corrected chi connectivity index (χ3v) is 1.47. The zero-order valence-corrected chi connectivity index (χ0v) is 7.70. The van der Waals surface area contributed by atoms with Gasteiger partial charge in [-0.15, -0.1) is 0 Å². The summed E-state index contributed by atoms with van der Waals surface area (Å²) in [5.74, 6) is 0. The van der Waals surface area contributed by atoms with Crippen LogP contribution in [0.2, 0.25) is 0 Å². The van der Waals surface area contributed by atoms with Crippen molar-refractivity contribution in [1.29, 1.82) is 5.26 Å². The van der Waals surface area contributed by atoms with Crippen LogP contribution >= 0.6 is 0 Å². The topological polar surface area (TPSA) is 41.6 Å². The highest BCUT2D eigenvalue weighted by molar-refractivity contribution is 5.17. The van der Waals surface area contributed by atoms with Crippen LogP contribution in [0.3, 0.4) is 0 Å². The first-order valence-corrected chi connectivity index (χ1v) is 3.93. The van der Waals surface area contributed by atoms with Gasteiger partial charge in [0.1, 0.15) is 11.8 Å². The quantitative estimate of drug-likeness (QED) is 0.633. The maximum absolute atomic E-state index is 8.69. The van der Waals surface area contributed by atoms with Crippen molar-refractivity contribution in [2.24, 2.45) is 5.41 Å². The summed E-state index contributed by atoms with van der Waals surface area (Å²) in [7, 11) is 0. The van der Waals surface area contributed by atoms with Gasteiger partial charge in [-0.25, -0.2) is 4.98 Å². The normalized spacial score (nSPS) is 11.2. The second kappa shape index (κ2) is 2.98. The van der Waals surface area contributed by atoms with Gasteiger partial charge in [-0.2, -0.15) is 5.26 Å². The third kappa shape index (κ3) is 2.09. The van der Waals surface area contributed by atoms with Gasteiger partial charge in [0.05, 0.1) is 12.5 Å². The van der Waals surface area contributed by atoms with Crippen LogP contribution in [0.4, 0.5) is 0 Å². The summed E-state index contributed by atoms with van der Waals surface area (Å²) in [5, 5.41) is 8.69. The number of hydrogen-bond acceptors (Lipinski definition) is 2. The number of nitrogens with zero attached hydrogens (tertiary/aromatic N) is 3. The molecular weight excluding hydrogens is 150 g/mol. The second-order valence-corrected chi connectivity index (χ2v) is 4.08. The van der Waals surface area contributed by atoms with Crippen LogP contribution in [0.15, 0.2) is 12.5 Å². The predicted octanol–water partition coefficient (Wildman–Crippen LogP) is 1.80. The first-order chi connectivity index (χ1) is 5.53. The average Bonchev–Trinajstić information content (AvgIpc) is 2.31. The number of imidazole rings is 1. The highest BCUT2D eigenvalue weighted by atomic mass is 15.0. The fourth-order valence-corrected chi connectivity index (χ4v) is 1.05. The fourth-order valence-electron chi connectivity index (χ4n) is 1.05. The van der Waals surface area contributed by atoms with E-state index in [4.69, 9.17) is 5.26 Å². The van der Waals surface area contributed by atoms with Crippen molar-refractivity contribution < 1.29 is 0 Å². The molecule has 3 nitrogen and oxygen atoms in total. The van der Waals surface area contributed by atoms with Crippen LogP contribution in [-0.4, -0.2) is 9.55 Å². The summed E-state index contributed by atoms with van der Waals surface area (Å²) in [4.78, 5) is 3.92. The lowest BCUT2D eigenvalue weighted by Crippen LogP contribution is -2.15. The summed E-state index contributed by atoms with van der Waals surface area (Å²) < 4.78 is 1.88. The zero-order chi connectivity index (χ0) is 9.19. The molecule has 0 aliphatic rings. The molecule has 0 aliphatic heterocycles. The van der Waals surface area contributed by atoms with Gasteiger partial charge in [-0.3, -0.25) is 0 Å². The average molecular weight is 163 g/mol. The van der Waals surface area contributed by atoms with Crippen molar-refractivity contribution in [3.8, 4) is 6.07 Å². The number of rotatable bonds is 1. The minimum Gasteiger partial charge on any atom is -0.322 e. The molecule has 64 valence electrons. The summed E-state index contributed by atoms with van der Waals surface area (Å²) in [6.07, 6.45) is 3.29. The molecule has 0 atom stereocenters. The van der Waals surface area contributed by atoms with Crippen molar-refractivity contribution in [3.63, 3.8) is 0 Å². The van der Waals surface area contributed by atoms with Gasteiger partial charge in [0.2, 0.25) is 0 Å². The van der Waals surface area contributed by atoms with Gasteiger partial charge in [0.15, 0.2) is 0 Å². The maximum Gasteiger partial charge on any atom is 0.139 e. The van der Waals surface area contributed by atoms with Gasteiger partial charge < -0.3 is 4.57 Å². The van der Waals surface area contributed by atoms with Crippen LogP contribution in [-0.2, 0) is 6.54 Å². The molecule has 1 aromatic heterocycles. The Morgan fingerprint density at radius 3 is 2.75 bits per heavy atom. The molecule has 0 spiro atoms. The second-order valence-electron chi connectivity index (χ2n) is 4.08. The smallest absolute Gasteiger partial charge is 0.139 e. The molecule has 0 aliphatic carbocycles. The van der Waals surface area contributed by atoms with Crippen LogP contribution in [0, 0.1) is 16.7 Å². The zero-order valence-electron chi connectivity index (χ0n) is 7.70. The SMILES string of the molecule is CC(C)(C)Cn1cncc1C#N. The van der Waals surface area contributed by atoms with E-state index in [2.05, 4.69) is 31.8 Å². The van der Waals surface area contributed by atoms with Crippen LogP contribution in [0.1, 0.15) is 26.5 Å². The molecule has 0 saturated heterocycles. The highest BCUT2D eigenvalue weighted by Gasteiger charge is 2.12. The van der Waals surface area contributed by atoms with Gasteiger partial charge in [0.25, 0.3) is 0 Å². The summed E-state index contributed by atoms with van der Waals surface area (Å²) >= 11 is 0. The Hall–Kier alpha value is -1.30. The van der Waals surface area contributed by atoms with Crippen LogP contribution < -0.4 is 0 Å². The number of aromatic nitrogens is 2. The Morgan fingerprint density at radius 2 is 2.25 bits per heavy atom. The van der Waals surface area contributed by atoms with E-state index in [1.165, 1.54) is 0 Å². The molecule has 0 amide bonds. The summed E-state index contributed by atoms with van der Waals surface area (Å²) in [6.45, 7) is 7.23. The molecule has 0 bridgehead atoms. The van der Waals surface area contributed by atoms with Gasteiger partial charge in [-0.1, -0.05) is 20.8 Å². The van der Waals surface area contributed by atoms with Crippen molar-refractivity contribution in [2.45, 2.75) is 27.3 Å². The Morgan fingerprint density at radius 1 is 1.58 bits per heavy atom. The molecule has 3 heteroatoms. The molecule has 12 heavy (non-hydrogen) atoms. The van der Waals surface area contributed by atoms with E-state index in [1.54, 1.807) is 12.5 Å². The molecule has 0 saturated carbocycles. The molecule has 0 aromatic carbocycles. The lowest BCUT2D eigenvalue weighted by Gasteiger charge is -2.18. The first-order valence-electron chi connectivity index (χ1n) is 3.93. The molecule has 0 fully saturated rings. The van der Waals surface area contributed by atoms with Gasteiger partial charge in [-0.05, 0) is 5.41 Å². The van der Waals surface area contributed by atoms with Crippen molar-refractivity contribution >= 4 is 0 Å². The van der Waals surface area contributed by atoms with E-state index < -0.39 is 0 Å². The molecule has 1 heterocycles. The van der Waals surface area contributed by atoms with E-state index >= 15 is 0 Å². The van der Waals surface area contributed by atoms with E-state index in [0.29, 0.717) is 5.69 Å². The monoisotopic (exact) mass is 163 g/mol. The largest absolute Gasteiger partial charge is 0.322 e. The Bertz CT molecular complexity index is 298. The molecule has 1 rings (SSSR count). The maximum atomic E-state index is 8.69. The highest BCUT2D eigenvalue weighted by Crippen LogP contribution is 2.16. The Labute approximate surface area is 72.7 Å². The van der Waals surface area contributed by atoms with Crippen LogP contribution in [0.25, 0.3) is 0 Å². The molecule has 1 aromatic rings. The number of nitriles is 1. The third-order valence-electron chi connectivity index (χ3n) is 1.47. The molecule has 0 N–H and O–H groups in total. The molecular formula is C9H13N3. The predicted molar refractivity (Wildman–Crippen MR) is 46.4 cm³/mol. The summed E-state index contributed by atoms with van der Waals surface area (Å²) in [6, 6.07) is 2.10. The van der Waals surface area contributed by atoms with E-state index in [1.807, 2.05) is 4.57 Å². The van der Waals surface area contributed by atoms with E-state index in [9.17, 15) is 0 Å². The minimum atomic E-state index is 0.187. The lowest BCUT2D eigenvalue weighted by molar-refractivity contribution is 0.342. The van der Waals surface area contributed by atoms with E-state index in [0.717, 1.165) is 6.54 Å². The first kappa shape index (κ1) is 8.79. The van der Waals surface area contributed by atoms with E-state index in [-0.39, 0.29) is 5.41 Å².